The third-order valence-corrected chi connectivity index (χ3v) is 6.27. The van der Waals surface area contributed by atoms with Crippen LogP contribution in [0, 0.1) is 0 Å². The molecule has 6 nitrogen and oxygen atoms in total. The van der Waals surface area contributed by atoms with Crippen LogP contribution in [0.25, 0.3) is 0 Å². The normalized spacial score (nSPS) is 16.0. The number of benzene rings is 1. The number of esters is 1. The molecule has 148 valence electrons. The molecule has 1 aromatic heterocycles. The summed E-state index contributed by atoms with van der Waals surface area (Å²) < 4.78 is 15.9. The van der Waals surface area contributed by atoms with Gasteiger partial charge in [-0.3, -0.25) is 4.79 Å². The van der Waals surface area contributed by atoms with Crippen molar-refractivity contribution in [3.8, 4) is 11.5 Å². The molecule has 0 bridgehead atoms. The first-order valence-electron chi connectivity index (χ1n) is 9.58. The Balaban J connectivity index is 1.30. The topological polar surface area (TPSA) is 73.9 Å². The fourth-order valence-corrected chi connectivity index (χ4v) is 4.67. The zero-order valence-electron chi connectivity index (χ0n) is 15.8. The second kappa shape index (κ2) is 8.22. The summed E-state index contributed by atoms with van der Waals surface area (Å²) in [6, 6.07) is 7.24. The van der Waals surface area contributed by atoms with Crippen LogP contribution in [0.1, 0.15) is 57.9 Å². The summed E-state index contributed by atoms with van der Waals surface area (Å²) >= 11 is 1.50. The van der Waals surface area contributed by atoms with E-state index in [0.29, 0.717) is 16.4 Å². The van der Waals surface area contributed by atoms with Crippen molar-refractivity contribution in [3.05, 3.63) is 45.1 Å². The zero-order valence-corrected chi connectivity index (χ0v) is 16.6. The molecule has 1 aromatic carbocycles. The number of fused-ring (bicyclic) bond motifs is 2. The Kier molecular flexibility index (Phi) is 5.52. The highest BCUT2D eigenvalue weighted by Gasteiger charge is 2.20. The van der Waals surface area contributed by atoms with Crippen molar-refractivity contribution >= 4 is 23.2 Å². The first-order chi connectivity index (χ1) is 13.6. The lowest BCUT2D eigenvalue weighted by Gasteiger charge is -2.14. The van der Waals surface area contributed by atoms with E-state index in [0.717, 1.165) is 18.4 Å². The van der Waals surface area contributed by atoms with Gasteiger partial charge in [0.15, 0.2) is 18.1 Å². The highest BCUT2D eigenvalue weighted by atomic mass is 32.1. The second-order valence-electron chi connectivity index (χ2n) is 7.10. The highest BCUT2D eigenvalue weighted by molar-refractivity contribution is 7.14. The summed E-state index contributed by atoms with van der Waals surface area (Å²) in [7, 11) is 0. The molecule has 0 radical (unpaired) electrons. The van der Waals surface area contributed by atoms with E-state index < -0.39 is 5.97 Å². The number of amides is 1. The maximum atomic E-state index is 12.3. The van der Waals surface area contributed by atoms with Crippen LogP contribution in [0.2, 0.25) is 0 Å². The maximum absolute atomic E-state index is 12.3. The van der Waals surface area contributed by atoms with Gasteiger partial charge < -0.3 is 19.5 Å². The van der Waals surface area contributed by atoms with Gasteiger partial charge in [-0.1, -0.05) is 12.5 Å². The molecule has 0 spiro atoms. The number of thiophene rings is 1. The average molecular weight is 401 g/mol. The standard InChI is InChI=1S/C21H23NO5S/c1-13(14-7-8-16-17(9-14)27-12-26-16)22-20(23)11-25-21(24)19-10-15-5-3-2-4-6-18(15)28-19/h7-10,13H,2-6,11-12H2,1H3,(H,22,23)/t13-/m1/s1. The van der Waals surface area contributed by atoms with Crippen LogP contribution in [-0.2, 0) is 22.4 Å². The Hall–Kier alpha value is -2.54. The van der Waals surface area contributed by atoms with Crippen LogP contribution in [0.3, 0.4) is 0 Å². The molecular weight excluding hydrogens is 378 g/mol. The van der Waals surface area contributed by atoms with E-state index in [2.05, 4.69) is 5.32 Å². The Labute approximate surface area is 167 Å². The summed E-state index contributed by atoms with van der Waals surface area (Å²) in [6.45, 7) is 1.78. The van der Waals surface area contributed by atoms with Gasteiger partial charge >= 0.3 is 5.97 Å². The van der Waals surface area contributed by atoms with Crippen LogP contribution in [0.15, 0.2) is 24.3 Å². The number of carbonyl (C=O) groups is 2. The smallest absolute Gasteiger partial charge is 0.348 e. The van der Waals surface area contributed by atoms with Crippen LogP contribution in [0.5, 0.6) is 11.5 Å². The number of ether oxygens (including phenoxy) is 3. The van der Waals surface area contributed by atoms with Crippen LogP contribution < -0.4 is 14.8 Å². The first kappa shape index (κ1) is 18.8. The van der Waals surface area contributed by atoms with Gasteiger partial charge in [-0.25, -0.2) is 4.79 Å². The Morgan fingerprint density at radius 3 is 2.86 bits per heavy atom. The lowest BCUT2D eigenvalue weighted by atomic mass is 10.1. The number of aryl methyl sites for hydroxylation is 2. The molecule has 2 aliphatic rings. The number of hydrogen-bond donors (Lipinski definition) is 1. The molecular formula is C21H23NO5S. The Bertz CT molecular complexity index is 867. The minimum absolute atomic E-state index is 0.210. The van der Waals surface area contributed by atoms with Crippen molar-refractivity contribution in [2.24, 2.45) is 0 Å². The average Bonchev–Trinajstić information content (AvgIpc) is 3.27. The first-order valence-corrected chi connectivity index (χ1v) is 10.4. The third kappa shape index (κ3) is 4.14. The van der Waals surface area contributed by atoms with Crippen molar-refractivity contribution in [2.45, 2.75) is 45.1 Å². The van der Waals surface area contributed by atoms with Crippen molar-refractivity contribution < 1.29 is 23.8 Å². The van der Waals surface area contributed by atoms with Gasteiger partial charge in [0, 0.05) is 4.88 Å². The zero-order chi connectivity index (χ0) is 19.5. The summed E-state index contributed by atoms with van der Waals surface area (Å²) in [5.41, 5.74) is 2.15. The number of nitrogens with one attached hydrogen (secondary N) is 1. The van der Waals surface area contributed by atoms with Gasteiger partial charge in [0.05, 0.1) is 6.04 Å². The van der Waals surface area contributed by atoms with E-state index >= 15 is 0 Å². The maximum Gasteiger partial charge on any atom is 0.348 e. The minimum Gasteiger partial charge on any atom is -0.454 e. The molecule has 0 saturated heterocycles. The van der Waals surface area contributed by atoms with E-state index in [4.69, 9.17) is 14.2 Å². The molecule has 0 saturated carbocycles. The lowest BCUT2D eigenvalue weighted by Crippen LogP contribution is -2.31. The molecule has 1 amide bonds. The number of hydrogen-bond acceptors (Lipinski definition) is 6. The lowest BCUT2D eigenvalue weighted by molar-refractivity contribution is -0.124. The fourth-order valence-electron chi connectivity index (χ4n) is 3.52. The molecule has 0 fully saturated rings. The summed E-state index contributed by atoms with van der Waals surface area (Å²) in [6.07, 6.45) is 5.62. The predicted molar refractivity (Wildman–Crippen MR) is 105 cm³/mol. The predicted octanol–water partition coefficient (Wildman–Crippen LogP) is 3.78. The van der Waals surface area contributed by atoms with Crippen molar-refractivity contribution in [3.63, 3.8) is 0 Å². The summed E-state index contributed by atoms with van der Waals surface area (Å²) in [4.78, 5) is 26.4. The van der Waals surface area contributed by atoms with E-state index in [1.165, 1.54) is 41.0 Å². The Morgan fingerprint density at radius 2 is 1.96 bits per heavy atom. The molecule has 1 N–H and O–H groups in total. The molecule has 4 rings (SSSR count). The van der Waals surface area contributed by atoms with Crippen LogP contribution in [-0.4, -0.2) is 25.3 Å². The van der Waals surface area contributed by atoms with Crippen molar-refractivity contribution in [2.75, 3.05) is 13.4 Å². The minimum atomic E-state index is -0.427. The molecule has 1 atom stereocenters. The quantitative estimate of drug-likeness (QED) is 0.610. The van der Waals surface area contributed by atoms with Crippen molar-refractivity contribution in [1.82, 2.24) is 5.32 Å². The molecule has 1 aliphatic carbocycles. The monoisotopic (exact) mass is 401 g/mol. The summed E-state index contributed by atoms with van der Waals surface area (Å²) in [5.74, 6) is 0.605. The van der Waals surface area contributed by atoms with Crippen LogP contribution >= 0.6 is 11.3 Å². The molecule has 2 heterocycles. The van der Waals surface area contributed by atoms with E-state index in [1.54, 1.807) is 0 Å². The molecule has 1 aliphatic heterocycles. The Morgan fingerprint density at radius 1 is 1.14 bits per heavy atom. The SMILES string of the molecule is C[C@@H](NC(=O)COC(=O)c1cc2c(s1)CCCCC2)c1ccc2c(c1)OCO2. The van der Waals surface area contributed by atoms with Gasteiger partial charge in [-0.15, -0.1) is 11.3 Å². The van der Waals surface area contributed by atoms with Gasteiger partial charge in [0.1, 0.15) is 4.88 Å². The third-order valence-electron chi connectivity index (χ3n) is 5.06. The van der Waals surface area contributed by atoms with Crippen LogP contribution in [0.4, 0.5) is 0 Å². The second-order valence-corrected chi connectivity index (χ2v) is 8.23. The summed E-state index contributed by atoms with van der Waals surface area (Å²) in [5, 5.41) is 2.84. The van der Waals surface area contributed by atoms with Gasteiger partial charge in [0.2, 0.25) is 6.79 Å². The number of rotatable bonds is 5. The van der Waals surface area contributed by atoms with Gasteiger partial charge in [-0.05, 0) is 61.9 Å². The van der Waals surface area contributed by atoms with E-state index in [9.17, 15) is 9.59 Å². The van der Waals surface area contributed by atoms with E-state index in [-0.39, 0.29) is 25.3 Å². The molecule has 0 unspecified atom stereocenters. The van der Waals surface area contributed by atoms with Gasteiger partial charge in [-0.2, -0.15) is 0 Å². The molecule has 2 aromatic rings. The van der Waals surface area contributed by atoms with Crippen molar-refractivity contribution in [1.29, 1.82) is 0 Å². The molecule has 28 heavy (non-hydrogen) atoms. The van der Waals surface area contributed by atoms with Gasteiger partial charge in [0.25, 0.3) is 5.91 Å². The van der Waals surface area contributed by atoms with E-state index in [1.807, 2.05) is 31.2 Å². The molecule has 7 heteroatoms. The fraction of sp³-hybridized carbons (Fsp3) is 0.429. The highest BCUT2D eigenvalue weighted by Crippen LogP contribution is 2.34. The largest absolute Gasteiger partial charge is 0.454 e. The number of carbonyl (C=O) groups excluding carboxylic acids is 2.